The summed E-state index contributed by atoms with van der Waals surface area (Å²) in [5, 5.41) is 0. The number of aromatic nitrogens is 1. The largest absolute Gasteiger partial charge is 0.306 e. The molecule has 1 aromatic carbocycles. The summed E-state index contributed by atoms with van der Waals surface area (Å²) in [6, 6.07) is 9.53. The summed E-state index contributed by atoms with van der Waals surface area (Å²) < 4.78 is 20.4. The van der Waals surface area contributed by atoms with Crippen molar-refractivity contribution in [3.8, 4) is 11.1 Å². The van der Waals surface area contributed by atoms with Crippen LogP contribution in [0.25, 0.3) is 11.1 Å². The number of pyridine rings is 1. The Bertz CT molecular complexity index is 542. The van der Waals surface area contributed by atoms with E-state index in [-0.39, 0.29) is 5.75 Å². The van der Waals surface area contributed by atoms with Gasteiger partial charge in [-0.3, -0.25) is 4.98 Å². The van der Waals surface area contributed by atoms with E-state index in [2.05, 4.69) is 20.9 Å². The minimum Gasteiger partial charge on any atom is -0.306 e. The van der Waals surface area contributed by atoms with Crippen molar-refractivity contribution in [3.05, 3.63) is 52.8 Å². The van der Waals surface area contributed by atoms with Gasteiger partial charge in [-0.25, -0.2) is 4.21 Å². The Morgan fingerprint density at radius 1 is 1.18 bits per heavy atom. The first kappa shape index (κ1) is 12.4. The Balaban J connectivity index is 2.26. The highest BCUT2D eigenvalue weighted by Gasteiger charge is 2.01. The Kier molecular flexibility index (Phi) is 4.04. The van der Waals surface area contributed by atoms with Crippen LogP contribution in [0.5, 0.6) is 0 Å². The van der Waals surface area contributed by atoms with E-state index in [4.69, 9.17) is 4.55 Å². The lowest BCUT2D eigenvalue weighted by Crippen LogP contribution is -1.92. The molecule has 1 heterocycles. The molecule has 17 heavy (non-hydrogen) atoms. The summed E-state index contributed by atoms with van der Waals surface area (Å²) in [4.78, 5) is 4.10. The normalized spacial score (nSPS) is 12.4. The zero-order valence-corrected chi connectivity index (χ0v) is 11.2. The van der Waals surface area contributed by atoms with Crippen LogP contribution in [0.1, 0.15) is 5.56 Å². The van der Waals surface area contributed by atoms with Crippen LogP contribution in [0.3, 0.4) is 0 Å². The predicted octanol–water partition coefficient (Wildman–Crippen LogP) is 3.23. The predicted molar refractivity (Wildman–Crippen MR) is 71.8 cm³/mol. The maximum atomic E-state index is 10.7. The highest BCUT2D eigenvalue weighted by Crippen LogP contribution is 2.22. The molecule has 88 valence electrons. The van der Waals surface area contributed by atoms with E-state index in [1.165, 1.54) is 0 Å². The average molecular weight is 312 g/mol. The van der Waals surface area contributed by atoms with Crippen LogP contribution in [-0.4, -0.2) is 13.7 Å². The smallest absolute Gasteiger partial charge is 0.157 e. The van der Waals surface area contributed by atoms with E-state index in [0.717, 1.165) is 21.2 Å². The molecule has 0 spiro atoms. The second-order valence-corrected chi connectivity index (χ2v) is 5.40. The summed E-state index contributed by atoms with van der Waals surface area (Å²) >= 11 is 1.58. The first-order valence-electron chi connectivity index (χ1n) is 4.92. The Morgan fingerprint density at radius 3 is 2.47 bits per heavy atom. The van der Waals surface area contributed by atoms with Gasteiger partial charge < -0.3 is 4.55 Å². The van der Waals surface area contributed by atoms with Crippen molar-refractivity contribution in [2.24, 2.45) is 0 Å². The zero-order valence-electron chi connectivity index (χ0n) is 8.84. The van der Waals surface area contributed by atoms with Crippen LogP contribution in [0.15, 0.2) is 47.2 Å². The molecule has 0 aliphatic rings. The van der Waals surface area contributed by atoms with Crippen LogP contribution < -0.4 is 0 Å². The van der Waals surface area contributed by atoms with Crippen molar-refractivity contribution in [3.63, 3.8) is 0 Å². The summed E-state index contributed by atoms with van der Waals surface area (Å²) in [6.45, 7) is 0. The fourth-order valence-electron chi connectivity index (χ4n) is 1.51. The third-order valence-electron chi connectivity index (χ3n) is 2.28. The van der Waals surface area contributed by atoms with Crippen molar-refractivity contribution in [1.82, 2.24) is 4.98 Å². The molecular formula is C12H10BrNO2S. The molecule has 5 heteroatoms. The molecule has 0 fully saturated rings. The summed E-state index contributed by atoms with van der Waals surface area (Å²) in [6.07, 6.45) is 3.51. The molecule has 0 bridgehead atoms. The van der Waals surface area contributed by atoms with E-state index in [1.54, 1.807) is 12.4 Å². The fraction of sp³-hybridized carbons (Fsp3) is 0.0833. The molecule has 2 aromatic rings. The van der Waals surface area contributed by atoms with Crippen LogP contribution >= 0.6 is 15.9 Å². The van der Waals surface area contributed by atoms with E-state index in [1.807, 2.05) is 30.3 Å². The topological polar surface area (TPSA) is 50.2 Å². The summed E-state index contributed by atoms with van der Waals surface area (Å²) in [5.41, 5.74) is 2.89. The quantitative estimate of drug-likeness (QED) is 0.885. The van der Waals surface area contributed by atoms with Crippen molar-refractivity contribution < 1.29 is 8.76 Å². The summed E-state index contributed by atoms with van der Waals surface area (Å²) in [5.74, 6) is 0.164. The van der Waals surface area contributed by atoms with Gasteiger partial charge in [0.1, 0.15) is 0 Å². The number of benzene rings is 1. The van der Waals surface area contributed by atoms with E-state index in [0.29, 0.717) is 0 Å². The van der Waals surface area contributed by atoms with Gasteiger partial charge in [0.15, 0.2) is 11.1 Å². The second-order valence-electron chi connectivity index (χ2n) is 3.55. The van der Waals surface area contributed by atoms with E-state index in [9.17, 15) is 4.21 Å². The fourth-order valence-corrected chi connectivity index (χ4v) is 2.35. The lowest BCUT2D eigenvalue weighted by Gasteiger charge is -2.03. The second kappa shape index (κ2) is 5.53. The minimum absolute atomic E-state index is 0.164. The molecule has 3 nitrogen and oxygen atoms in total. The third kappa shape index (κ3) is 3.46. The average Bonchev–Trinajstić information content (AvgIpc) is 2.29. The van der Waals surface area contributed by atoms with Gasteiger partial charge in [-0.05, 0) is 33.1 Å². The molecule has 1 aromatic heterocycles. The molecular weight excluding hydrogens is 302 g/mol. The standard InChI is InChI=1S/C12H10BrNO2S/c13-12-5-11(6-14-7-12)10-3-1-9(2-4-10)8-17(15)16/h1-7H,8H2,(H,15,16). The Morgan fingerprint density at radius 2 is 1.88 bits per heavy atom. The van der Waals surface area contributed by atoms with Gasteiger partial charge in [0, 0.05) is 22.4 Å². The lowest BCUT2D eigenvalue weighted by molar-refractivity contribution is 0.563. The van der Waals surface area contributed by atoms with Crippen molar-refractivity contribution in [1.29, 1.82) is 0 Å². The molecule has 0 saturated heterocycles. The molecule has 0 radical (unpaired) electrons. The molecule has 1 N–H and O–H groups in total. The first-order valence-corrected chi connectivity index (χ1v) is 6.99. The van der Waals surface area contributed by atoms with Crippen LogP contribution in [0, 0.1) is 0 Å². The molecule has 0 amide bonds. The number of rotatable bonds is 3. The van der Waals surface area contributed by atoms with Gasteiger partial charge in [0.25, 0.3) is 0 Å². The highest BCUT2D eigenvalue weighted by molar-refractivity contribution is 9.10. The molecule has 1 atom stereocenters. The van der Waals surface area contributed by atoms with Crippen molar-refractivity contribution >= 4 is 27.0 Å². The number of halogens is 1. The zero-order chi connectivity index (χ0) is 12.3. The molecule has 2 rings (SSSR count). The molecule has 0 aliphatic heterocycles. The van der Waals surface area contributed by atoms with Crippen LogP contribution in [0.2, 0.25) is 0 Å². The molecule has 1 unspecified atom stereocenters. The van der Waals surface area contributed by atoms with Gasteiger partial charge in [-0.1, -0.05) is 24.3 Å². The first-order chi connectivity index (χ1) is 8.15. The van der Waals surface area contributed by atoms with E-state index >= 15 is 0 Å². The van der Waals surface area contributed by atoms with Crippen LogP contribution in [-0.2, 0) is 16.8 Å². The van der Waals surface area contributed by atoms with Crippen molar-refractivity contribution in [2.45, 2.75) is 5.75 Å². The summed E-state index contributed by atoms with van der Waals surface area (Å²) in [7, 11) is 0. The maximum absolute atomic E-state index is 10.7. The lowest BCUT2D eigenvalue weighted by atomic mass is 10.1. The SMILES string of the molecule is O=S(O)Cc1ccc(-c2cncc(Br)c2)cc1. The van der Waals surface area contributed by atoms with Crippen LogP contribution in [0.4, 0.5) is 0 Å². The Hall–Kier alpha value is -1.04. The number of hydrogen-bond acceptors (Lipinski definition) is 2. The maximum Gasteiger partial charge on any atom is 0.157 e. The minimum atomic E-state index is -1.79. The van der Waals surface area contributed by atoms with Gasteiger partial charge in [-0.2, -0.15) is 0 Å². The highest BCUT2D eigenvalue weighted by atomic mass is 79.9. The number of hydrogen-bond donors (Lipinski definition) is 1. The van der Waals surface area contributed by atoms with Crippen molar-refractivity contribution in [2.75, 3.05) is 0 Å². The molecule has 0 aliphatic carbocycles. The molecule has 0 saturated carbocycles. The monoisotopic (exact) mass is 311 g/mol. The van der Waals surface area contributed by atoms with Gasteiger partial charge in [-0.15, -0.1) is 0 Å². The third-order valence-corrected chi connectivity index (χ3v) is 3.30. The van der Waals surface area contributed by atoms with Gasteiger partial charge >= 0.3 is 0 Å². The van der Waals surface area contributed by atoms with E-state index < -0.39 is 11.1 Å². The van der Waals surface area contributed by atoms with Gasteiger partial charge in [0.2, 0.25) is 0 Å². The number of nitrogens with zero attached hydrogens (tertiary/aromatic N) is 1. The van der Waals surface area contributed by atoms with Gasteiger partial charge in [0.05, 0.1) is 5.75 Å². The Labute approximate surface area is 110 Å².